The highest BCUT2D eigenvalue weighted by molar-refractivity contribution is 5.91. The minimum Gasteiger partial charge on any atom is -0.372 e. The van der Waals surface area contributed by atoms with E-state index in [4.69, 9.17) is 4.74 Å². The van der Waals surface area contributed by atoms with Crippen LogP contribution < -0.4 is 0 Å². The van der Waals surface area contributed by atoms with Gasteiger partial charge >= 0.3 is 0 Å². The smallest absolute Gasteiger partial charge is 0.233 e. The predicted molar refractivity (Wildman–Crippen MR) is 95.9 cm³/mol. The lowest BCUT2D eigenvalue weighted by Gasteiger charge is -2.35. The molecule has 1 amide bonds. The van der Waals surface area contributed by atoms with Crippen molar-refractivity contribution in [1.82, 2.24) is 9.88 Å². The van der Waals surface area contributed by atoms with Gasteiger partial charge in [0.1, 0.15) is 5.82 Å². The second-order valence-electron chi connectivity index (χ2n) is 7.28. The molecule has 26 heavy (non-hydrogen) atoms. The van der Waals surface area contributed by atoms with Crippen molar-refractivity contribution in [1.29, 1.82) is 0 Å². The monoisotopic (exact) mass is 354 g/mol. The number of hydrogen-bond donors (Lipinski definition) is 0. The molecule has 1 aromatic heterocycles. The molecule has 1 aliphatic heterocycles. The van der Waals surface area contributed by atoms with Crippen molar-refractivity contribution in [3.63, 3.8) is 0 Å². The van der Waals surface area contributed by atoms with Crippen LogP contribution in [0.25, 0.3) is 0 Å². The second kappa shape index (κ2) is 7.16. The molecule has 4 nitrogen and oxygen atoms in total. The van der Waals surface area contributed by atoms with Crippen molar-refractivity contribution in [3.05, 3.63) is 65.7 Å². The summed E-state index contributed by atoms with van der Waals surface area (Å²) in [6.07, 6.45) is 7.20. The molecule has 0 N–H and O–H groups in total. The van der Waals surface area contributed by atoms with Crippen LogP contribution in [-0.2, 0) is 21.6 Å². The van der Waals surface area contributed by atoms with Crippen molar-refractivity contribution in [2.24, 2.45) is 0 Å². The summed E-state index contributed by atoms with van der Waals surface area (Å²) >= 11 is 0. The van der Waals surface area contributed by atoms with E-state index in [0.29, 0.717) is 13.2 Å². The summed E-state index contributed by atoms with van der Waals surface area (Å²) in [6.45, 7) is 1.92. The fraction of sp³-hybridized carbons (Fsp3) is 0.429. The van der Waals surface area contributed by atoms with E-state index in [0.717, 1.165) is 43.4 Å². The van der Waals surface area contributed by atoms with E-state index in [1.165, 1.54) is 12.1 Å². The van der Waals surface area contributed by atoms with Crippen LogP contribution in [0.5, 0.6) is 0 Å². The molecule has 136 valence electrons. The summed E-state index contributed by atoms with van der Waals surface area (Å²) in [5.74, 6) is -0.0994. The van der Waals surface area contributed by atoms with Crippen LogP contribution in [0, 0.1) is 5.82 Å². The number of piperidine rings is 1. The van der Waals surface area contributed by atoms with Crippen LogP contribution in [0.15, 0.2) is 48.8 Å². The Balaban J connectivity index is 1.39. The number of carbonyl (C=O) groups excluding carboxylic acids is 1. The zero-order chi connectivity index (χ0) is 18.0. The van der Waals surface area contributed by atoms with Crippen molar-refractivity contribution in [2.45, 2.75) is 43.8 Å². The molecule has 5 heteroatoms. The van der Waals surface area contributed by atoms with Gasteiger partial charge in [-0.15, -0.1) is 0 Å². The number of likely N-dealkylation sites (tertiary alicyclic amines) is 1. The Morgan fingerprint density at radius 3 is 2.77 bits per heavy atom. The molecule has 2 aromatic rings. The first-order chi connectivity index (χ1) is 12.7. The number of aromatic nitrogens is 1. The molecule has 2 aliphatic rings. The Kier molecular flexibility index (Phi) is 4.72. The third-order valence-corrected chi connectivity index (χ3v) is 5.43. The largest absolute Gasteiger partial charge is 0.372 e. The molecule has 0 spiro atoms. The van der Waals surface area contributed by atoms with E-state index in [1.807, 2.05) is 17.0 Å². The Morgan fingerprint density at radius 2 is 2.08 bits per heavy atom. The summed E-state index contributed by atoms with van der Waals surface area (Å²) in [7, 11) is 0. The van der Waals surface area contributed by atoms with Crippen molar-refractivity contribution in [2.75, 3.05) is 13.1 Å². The maximum atomic E-state index is 13.2. The third kappa shape index (κ3) is 3.49. The fourth-order valence-electron chi connectivity index (χ4n) is 3.78. The number of benzene rings is 1. The second-order valence-corrected chi connectivity index (χ2v) is 7.28. The first-order valence-corrected chi connectivity index (χ1v) is 9.23. The van der Waals surface area contributed by atoms with E-state index < -0.39 is 5.41 Å². The average molecular weight is 354 g/mol. The van der Waals surface area contributed by atoms with Gasteiger partial charge in [-0.2, -0.15) is 0 Å². The van der Waals surface area contributed by atoms with E-state index in [1.54, 1.807) is 24.5 Å². The van der Waals surface area contributed by atoms with E-state index in [-0.39, 0.29) is 17.8 Å². The molecule has 1 aromatic carbocycles. The zero-order valence-corrected chi connectivity index (χ0v) is 14.7. The lowest BCUT2D eigenvalue weighted by atomic mass is 9.93. The zero-order valence-electron chi connectivity index (χ0n) is 14.7. The highest BCUT2D eigenvalue weighted by Gasteiger charge is 2.53. The number of amides is 1. The van der Waals surface area contributed by atoms with Crippen molar-refractivity contribution in [3.8, 4) is 0 Å². The Hall–Kier alpha value is -2.27. The Labute approximate surface area is 153 Å². The number of pyridine rings is 1. The molecule has 0 radical (unpaired) electrons. The minimum atomic E-state index is -0.445. The lowest BCUT2D eigenvalue weighted by Crippen LogP contribution is -2.47. The van der Waals surface area contributed by atoms with Crippen LogP contribution in [0.1, 0.15) is 36.8 Å². The van der Waals surface area contributed by atoms with E-state index in [9.17, 15) is 9.18 Å². The molecule has 2 heterocycles. The molecule has 1 aliphatic carbocycles. The highest BCUT2D eigenvalue weighted by atomic mass is 19.1. The van der Waals surface area contributed by atoms with Gasteiger partial charge in [-0.05, 0) is 55.0 Å². The van der Waals surface area contributed by atoms with Gasteiger partial charge in [0.05, 0.1) is 18.1 Å². The molecule has 1 saturated heterocycles. The molecule has 2 fully saturated rings. The summed E-state index contributed by atoms with van der Waals surface area (Å²) < 4.78 is 19.2. The fourth-order valence-corrected chi connectivity index (χ4v) is 3.78. The number of carbonyl (C=O) groups is 1. The standard InChI is InChI=1S/C21H23FN2O2/c22-18-7-5-17(6-8-18)21(9-10-21)20(25)24-12-2-4-19(14-24)26-15-16-3-1-11-23-13-16/h1,3,5-8,11,13,19H,2,4,9-10,12,14-15H2/t19-/m1/s1. The van der Waals surface area contributed by atoms with Gasteiger partial charge in [-0.1, -0.05) is 18.2 Å². The maximum absolute atomic E-state index is 13.2. The predicted octanol–water partition coefficient (Wildman–Crippen LogP) is 3.46. The summed E-state index contributed by atoms with van der Waals surface area (Å²) in [4.78, 5) is 19.2. The van der Waals surface area contributed by atoms with Gasteiger partial charge in [0.15, 0.2) is 0 Å². The van der Waals surface area contributed by atoms with E-state index in [2.05, 4.69) is 4.98 Å². The first kappa shape index (κ1) is 17.2. The maximum Gasteiger partial charge on any atom is 0.233 e. The minimum absolute atomic E-state index is 0.0527. The topological polar surface area (TPSA) is 42.4 Å². The summed E-state index contributed by atoms with van der Waals surface area (Å²) in [6, 6.07) is 10.3. The summed E-state index contributed by atoms with van der Waals surface area (Å²) in [5, 5.41) is 0. The van der Waals surface area contributed by atoms with Crippen LogP contribution in [0.2, 0.25) is 0 Å². The van der Waals surface area contributed by atoms with Crippen LogP contribution >= 0.6 is 0 Å². The SMILES string of the molecule is O=C(N1CCC[C@@H](OCc2cccnc2)C1)C1(c2ccc(F)cc2)CC1. The number of rotatable bonds is 5. The van der Waals surface area contributed by atoms with Gasteiger partial charge in [0.25, 0.3) is 0 Å². The van der Waals surface area contributed by atoms with Gasteiger partial charge < -0.3 is 9.64 Å². The third-order valence-electron chi connectivity index (χ3n) is 5.43. The lowest BCUT2D eigenvalue weighted by molar-refractivity contribution is -0.138. The number of halogens is 1. The molecule has 0 bridgehead atoms. The molecule has 4 rings (SSSR count). The number of ether oxygens (including phenoxy) is 1. The number of nitrogens with zero attached hydrogens (tertiary/aromatic N) is 2. The Bertz CT molecular complexity index is 759. The molecule has 0 unspecified atom stereocenters. The number of hydrogen-bond acceptors (Lipinski definition) is 3. The van der Waals surface area contributed by atoms with Gasteiger partial charge in [-0.25, -0.2) is 4.39 Å². The average Bonchev–Trinajstić information content (AvgIpc) is 3.49. The van der Waals surface area contributed by atoms with E-state index >= 15 is 0 Å². The van der Waals surface area contributed by atoms with Gasteiger partial charge in [-0.3, -0.25) is 9.78 Å². The highest BCUT2D eigenvalue weighted by Crippen LogP contribution is 2.50. The van der Waals surface area contributed by atoms with Crippen LogP contribution in [-0.4, -0.2) is 35.0 Å². The Morgan fingerprint density at radius 1 is 1.27 bits per heavy atom. The molecule has 1 atom stereocenters. The molecule has 1 saturated carbocycles. The van der Waals surface area contributed by atoms with Crippen molar-refractivity contribution < 1.29 is 13.9 Å². The quantitative estimate of drug-likeness (QED) is 0.826. The molecular weight excluding hydrogens is 331 g/mol. The molecular formula is C21H23FN2O2. The normalized spacial score (nSPS) is 21.4. The van der Waals surface area contributed by atoms with Crippen LogP contribution in [0.3, 0.4) is 0 Å². The van der Waals surface area contributed by atoms with Crippen molar-refractivity contribution >= 4 is 5.91 Å². The van der Waals surface area contributed by atoms with Gasteiger partial charge in [0, 0.05) is 25.5 Å². The summed E-state index contributed by atoms with van der Waals surface area (Å²) in [5.41, 5.74) is 1.53. The van der Waals surface area contributed by atoms with Gasteiger partial charge in [0.2, 0.25) is 5.91 Å². The first-order valence-electron chi connectivity index (χ1n) is 9.23. The van der Waals surface area contributed by atoms with Crippen LogP contribution in [0.4, 0.5) is 4.39 Å².